The molecule has 1 unspecified atom stereocenters. The molecule has 0 spiro atoms. The summed E-state index contributed by atoms with van der Waals surface area (Å²) >= 11 is 6.24. The van der Waals surface area contributed by atoms with Crippen molar-refractivity contribution in [2.75, 3.05) is 19.0 Å². The minimum Gasteiger partial charge on any atom is -0.383 e. The number of carbonyl (C=O) groups excluding carboxylic acids is 2. The number of aliphatic hydroxyl groups is 1. The lowest BCUT2D eigenvalue weighted by atomic mass is 9.91. The van der Waals surface area contributed by atoms with E-state index in [1.807, 2.05) is 0 Å². The van der Waals surface area contributed by atoms with Gasteiger partial charge in [0.25, 0.3) is 11.8 Å². The number of fused-ring (bicyclic) bond motifs is 3. The Bertz CT molecular complexity index is 1960. The molecule has 0 saturated carbocycles. The van der Waals surface area contributed by atoms with E-state index in [0.29, 0.717) is 16.7 Å². The third-order valence-electron chi connectivity index (χ3n) is 6.67. The lowest BCUT2D eigenvalue weighted by Gasteiger charge is -2.27. The molecule has 3 aromatic carbocycles. The molecular formula is C27H20ClF5N4O5. The van der Waals surface area contributed by atoms with E-state index in [2.05, 4.69) is 10.6 Å². The van der Waals surface area contributed by atoms with Crippen LogP contribution >= 0.6 is 11.6 Å². The quantitative estimate of drug-likeness (QED) is 0.283. The van der Waals surface area contributed by atoms with Gasteiger partial charge < -0.3 is 20.5 Å². The first-order valence-electron chi connectivity index (χ1n) is 13.4. The fraction of sp³-hybridized carbons (Fsp3) is 0.222. The number of hydrogen-bond acceptors (Lipinski definition) is 5. The molecule has 0 radical (unpaired) electrons. The lowest BCUT2D eigenvalue weighted by Crippen LogP contribution is -2.41. The van der Waals surface area contributed by atoms with Gasteiger partial charge in [-0.15, -0.1) is 0 Å². The summed E-state index contributed by atoms with van der Waals surface area (Å²) in [5, 5.41) is 16.0. The molecule has 2 heterocycles. The molecule has 0 aliphatic carbocycles. The van der Waals surface area contributed by atoms with Crippen molar-refractivity contribution in [1.82, 2.24) is 14.5 Å². The summed E-state index contributed by atoms with van der Waals surface area (Å²) in [4.78, 5) is 40.3. The molecule has 220 valence electrons. The first-order valence-corrected chi connectivity index (χ1v) is 12.3. The van der Waals surface area contributed by atoms with Crippen molar-refractivity contribution < 1.29 is 45.5 Å². The molecule has 2 amide bonds. The van der Waals surface area contributed by atoms with E-state index >= 15 is 0 Å². The van der Waals surface area contributed by atoms with Crippen molar-refractivity contribution in [2.45, 2.75) is 18.4 Å². The van der Waals surface area contributed by atoms with Gasteiger partial charge in [-0.2, -0.15) is 13.2 Å². The number of nitrogens with zero attached hydrogens (tertiary/aromatic N) is 2. The van der Waals surface area contributed by atoms with Gasteiger partial charge in [0, 0.05) is 39.9 Å². The Balaban J connectivity index is 1.86. The minimum absolute atomic E-state index is 0.128. The fourth-order valence-corrected chi connectivity index (χ4v) is 5.10. The van der Waals surface area contributed by atoms with Crippen LogP contribution in [0.15, 0.2) is 47.3 Å². The molecule has 1 aliphatic rings. The summed E-state index contributed by atoms with van der Waals surface area (Å²) in [6, 6.07) is 4.74. The Morgan fingerprint density at radius 1 is 1.17 bits per heavy atom. The second-order valence-corrected chi connectivity index (χ2v) is 9.68. The third-order valence-corrected chi connectivity index (χ3v) is 7.00. The zero-order valence-electron chi connectivity index (χ0n) is 24.2. The highest BCUT2D eigenvalue weighted by molar-refractivity contribution is 6.31. The van der Waals surface area contributed by atoms with E-state index in [-0.39, 0.29) is 29.8 Å². The Morgan fingerprint density at radius 3 is 2.57 bits per heavy atom. The highest BCUT2D eigenvalue weighted by atomic mass is 35.5. The summed E-state index contributed by atoms with van der Waals surface area (Å²) in [5.74, 6) is -4.86. The summed E-state index contributed by atoms with van der Waals surface area (Å²) in [7, 11) is 1.29. The Morgan fingerprint density at radius 2 is 1.90 bits per heavy atom. The predicted octanol–water partition coefficient (Wildman–Crippen LogP) is 4.13. The number of alkyl halides is 3. The molecule has 0 saturated heterocycles. The number of aryl methyl sites for hydroxylation is 1. The monoisotopic (exact) mass is 613 g/mol. The van der Waals surface area contributed by atoms with Gasteiger partial charge in [0.15, 0.2) is 5.72 Å². The van der Waals surface area contributed by atoms with Gasteiger partial charge in [-0.25, -0.2) is 13.6 Å². The van der Waals surface area contributed by atoms with Gasteiger partial charge in [-0.1, -0.05) is 11.6 Å². The number of amides is 2. The van der Waals surface area contributed by atoms with Crippen LogP contribution in [-0.4, -0.2) is 39.8 Å². The largest absolute Gasteiger partial charge is 0.416 e. The topological polar surface area (TPSA) is 115 Å². The molecular weight excluding hydrogens is 591 g/mol. The van der Waals surface area contributed by atoms with E-state index < -0.39 is 87.0 Å². The number of nitrogens with one attached hydrogen (secondary N) is 2. The number of rotatable bonds is 6. The van der Waals surface area contributed by atoms with E-state index in [4.69, 9.17) is 20.5 Å². The Labute approximate surface area is 242 Å². The fourth-order valence-electron chi connectivity index (χ4n) is 4.85. The van der Waals surface area contributed by atoms with Gasteiger partial charge in [-0.3, -0.25) is 18.7 Å². The number of methoxy groups -OCH3 is 1. The number of hydrogen-bond donors (Lipinski definition) is 3. The number of aromatic nitrogens is 2. The van der Waals surface area contributed by atoms with Gasteiger partial charge in [0.2, 0.25) is 0 Å². The molecule has 9 nitrogen and oxygen atoms in total. The molecule has 0 bridgehead atoms. The van der Waals surface area contributed by atoms with Crippen LogP contribution in [-0.2, 0) is 30.2 Å². The van der Waals surface area contributed by atoms with Crippen LogP contribution in [0.25, 0.3) is 11.0 Å². The number of carbonyl (C=O) groups is 2. The molecule has 1 atom stereocenters. The first-order chi connectivity index (χ1) is 20.9. The van der Waals surface area contributed by atoms with Crippen LogP contribution in [0, 0.1) is 11.6 Å². The van der Waals surface area contributed by atoms with Crippen LogP contribution in [0.1, 0.15) is 41.5 Å². The third kappa shape index (κ3) is 4.70. The minimum atomic E-state index is -5.03. The van der Waals surface area contributed by atoms with Crippen molar-refractivity contribution in [3.63, 3.8) is 0 Å². The average Bonchev–Trinajstić information content (AvgIpc) is 3.37. The van der Waals surface area contributed by atoms with Crippen molar-refractivity contribution in [3.05, 3.63) is 97.4 Å². The molecule has 1 aromatic heterocycles. The normalized spacial score (nSPS) is 17.9. The van der Waals surface area contributed by atoms with Crippen molar-refractivity contribution >= 4 is 40.1 Å². The highest BCUT2D eigenvalue weighted by Crippen LogP contribution is 2.45. The first kappa shape index (κ1) is 25.4. The SMILES string of the molecule is [2H]C([2H])([2H])n1c(=O)n(CCOC)c2cc(NC(=O)c3cc(F)cc(C(F)(F)F)c3)c3c(c21)C(=O)NC3(O)c1cc(F)ccc1Cl. The zero-order valence-corrected chi connectivity index (χ0v) is 22.0. The standard InChI is InChI=1S/C27H20ClF5N4O5/c1-36-22-19(37(25(36)40)5-6-42-2)11-18(34-23(38)12-7-13(27(31,32)33)9-15(30)8-12)21-20(22)24(39)35-26(21,41)16-10-14(29)3-4-17(16)28/h3-4,7-11,41H,5-6H2,1-2H3,(H,34,38)(H,35,39)/i1D3. The Hall–Kier alpha value is -4.27. The van der Waals surface area contributed by atoms with Crippen LogP contribution < -0.4 is 16.3 Å². The van der Waals surface area contributed by atoms with Gasteiger partial charge in [-0.05, 0) is 42.5 Å². The molecule has 4 aromatic rings. The number of imidazole rings is 1. The summed E-state index contributed by atoms with van der Waals surface area (Å²) in [6.45, 7) is -3.59. The number of halogens is 6. The lowest BCUT2D eigenvalue weighted by molar-refractivity contribution is -0.137. The molecule has 1 aliphatic heterocycles. The van der Waals surface area contributed by atoms with E-state index in [1.165, 1.54) is 7.11 Å². The molecule has 42 heavy (non-hydrogen) atoms. The molecule has 3 N–H and O–H groups in total. The average molecular weight is 614 g/mol. The van der Waals surface area contributed by atoms with Crippen LogP contribution in [0.3, 0.4) is 0 Å². The van der Waals surface area contributed by atoms with Crippen LogP contribution in [0.2, 0.25) is 5.02 Å². The van der Waals surface area contributed by atoms with E-state index in [1.54, 1.807) is 0 Å². The second kappa shape index (κ2) is 10.2. The van der Waals surface area contributed by atoms with Crippen molar-refractivity contribution in [2.24, 2.45) is 6.98 Å². The van der Waals surface area contributed by atoms with Crippen LogP contribution in [0.4, 0.5) is 27.6 Å². The summed E-state index contributed by atoms with van der Waals surface area (Å²) < 4.78 is 98.9. The predicted molar refractivity (Wildman–Crippen MR) is 140 cm³/mol. The smallest absolute Gasteiger partial charge is 0.383 e. The second-order valence-electron chi connectivity index (χ2n) is 9.27. The van der Waals surface area contributed by atoms with Gasteiger partial charge in [0.05, 0.1) is 41.0 Å². The number of benzene rings is 3. The van der Waals surface area contributed by atoms with Gasteiger partial charge in [0.1, 0.15) is 11.6 Å². The summed E-state index contributed by atoms with van der Waals surface area (Å²) in [6.07, 6.45) is -5.03. The maximum absolute atomic E-state index is 14.4. The number of ether oxygens (including phenoxy) is 1. The van der Waals surface area contributed by atoms with Crippen molar-refractivity contribution in [3.8, 4) is 0 Å². The van der Waals surface area contributed by atoms with Gasteiger partial charge >= 0.3 is 11.9 Å². The molecule has 15 heteroatoms. The van der Waals surface area contributed by atoms with Crippen LogP contribution in [0.5, 0.6) is 0 Å². The number of anilines is 1. The summed E-state index contributed by atoms with van der Waals surface area (Å²) in [5.41, 5.74) is -9.29. The maximum atomic E-state index is 14.4. The molecule has 5 rings (SSSR count). The Kier molecular flexibility index (Phi) is 6.19. The highest BCUT2D eigenvalue weighted by Gasteiger charge is 2.48. The molecule has 0 fully saturated rings. The zero-order chi connectivity index (χ0) is 33.2. The van der Waals surface area contributed by atoms with Crippen molar-refractivity contribution in [1.29, 1.82) is 0 Å². The van der Waals surface area contributed by atoms with E-state index in [0.717, 1.165) is 28.8 Å². The van der Waals surface area contributed by atoms with E-state index in [9.17, 15) is 41.4 Å². The maximum Gasteiger partial charge on any atom is 0.416 e.